The summed E-state index contributed by atoms with van der Waals surface area (Å²) >= 11 is 3.34. The molecule has 0 radical (unpaired) electrons. The van der Waals surface area contributed by atoms with Crippen molar-refractivity contribution in [2.45, 2.75) is 13.0 Å². The fourth-order valence-corrected chi connectivity index (χ4v) is 1.32. The van der Waals surface area contributed by atoms with Gasteiger partial charge in [-0.05, 0) is 30.7 Å². The monoisotopic (exact) mass is 283 g/mol. The summed E-state index contributed by atoms with van der Waals surface area (Å²) < 4.78 is 1.00. The first-order valence-corrected chi connectivity index (χ1v) is 5.77. The molecule has 1 aromatic rings. The third-order valence-corrected chi connectivity index (χ3v) is 2.40. The Hall–Kier alpha value is -1.13. The molecule has 86 valence electrons. The number of hydrogen-bond donors (Lipinski definition) is 2. The number of carbonyl (C=O) groups excluding carboxylic acids is 1. The maximum Gasteiger partial charge on any atom is 0.244 e. The zero-order valence-corrected chi connectivity index (χ0v) is 10.6. The van der Waals surface area contributed by atoms with E-state index >= 15 is 0 Å². The highest BCUT2D eigenvalue weighted by molar-refractivity contribution is 9.10. The summed E-state index contributed by atoms with van der Waals surface area (Å²) in [5.74, 6) is -0.205. The second kappa shape index (κ2) is 6.45. The van der Waals surface area contributed by atoms with Crippen molar-refractivity contribution < 1.29 is 9.90 Å². The predicted octanol–water partition coefficient (Wildman–Crippen LogP) is 1.96. The number of aliphatic hydroxyl groups excluding tert-OH is 1. The molecule has 0 heterocycles. The van der Waals surface area contributed by atoms with Gasteiger partial charge in [0.2, 0.25) is 5.91 Å². The molecular formula is C12H14BrNO2. The van der Waals surface area contributed by atoms with Crippen LogP contribution in [0.25, 0.3) is 6.08 Å². The molecule has 3 nitrogen and oxygen atoms in total. The van der Waals surface area contributed by atoms with Crippen LogP contribution < -0.4 is 5.32 Å². The van der Waals surface area contributed by atoms with Crippen LogP contribution in [0.4, 0.5) is 0 Å². The molecule has 0 unspecified atom stereocenters. The first-order valence-electron chi connectivity index (χ1n) is 4.97. The Bertz CT molecular complexity index is 371. The summed E-state index contributed by atoms with van der Waals surface area (Å²) in [6, 6.07) is 7.63. The van der Waals surface area contributed by atoms with E-state index in [4.69, 9.17) is 5.11 Å². The summed E-state index contributed by atoms with van der Waals surface area (Å²) in [6.07, 6.45) is 2.65. The van der Waals surface area contributed by atoms with Crippen molar-refractivity contribution in [1.29, 1.82) is 0 Å². The minimum Gasteiger partial charge on any atom is -0.392 e. The number of benzene rings is 1. The molecule has 0 aliphatic heterocycles. The van der Waals surface area contributed by atoms with Gasteiger partial charge in [-0.15, -0.1) is 0 Å². The Morgan fingerprint density at radius 2 is 2.12 bits per heavy atom. The van der Waals surface area contributed by atoms with Crippen LogP contribution in [0.3, 0.4) is 0 Å². The van der Waals surface area contributed by atoms with Crippen molar-refractivity contribution in [2.24, 2.45) is 0 Å². The summed E-state index contributed by atoms with van der Waals surface area (Å²) in [4.78, 5) is 11.3. The van der Waals surface area contributed by atoms with Crippen molar-refractivity contribution in [3.8, 4) is 0 Å². The molecule has 0 aromatic heterocycles. The zero-order valence-electron chi connectivity index (χ0n) is 8.98. The van der Waals surface area contributed by atoms with E-state index in [1.54, 1.807) is 13.0 Å². The standard InChI is InChI=1S/C12H14BrNO2/c1-9(15)8-14-12(16)7-4-10-2-5-11(13)6-3-10/h2-7,9,15H,8H2,1H3,(H,14,16)/b7-4+/t9-/m0/s1. The second-order valence-corrected chi connectivity index (χ2v) is 4.39. The summed E-state index contributed by atoms with van der Waals surface area (Å²) in [5.41, 5.74) is 0.954. The molecule has 0 bridgehead atoms. The lowest BCUT2D eigenvalue weighted by Gasteiger charge is -2.03. The molecule has 0 saturated carbocycles. The highest BCUT2D eigenvalue weighted by Crippen LogP contribution is 2.11. The number of nitrogens with one attached hydrogen (secondary N) is 1. The van der Waals surface area contributed by atoms with Crippen LogP contribution in [0, 0.1) is 0 Å². The summed E-state index contributed by atoms with van der Waals surface area (Å²) in [6.45, 7) is 1.89. The maximum atomic E-state index is 11.3. The zero-order chi connectivity index (χ0) is 12.0. The highest BCUT2D eigenvalue weighted by atomic mass is 79.9. The van der Waals surface area contributed by atoms with E-state index in [0.29, 0.717) is 0 Å². The van der Waals surface area contributed by atoms with Crippen molar-refractivity contribution in [2.75, 3.05) is 6.54 Å². The van der Waals surface area contributed by atoms with Crippen LogP contribution in [0.5, 0.6) is 0 Å². The lowest BCUT2D eigenvalue weighted by atomic mass is 10.2. The van der Waals surface area contributed by atoms with Gasteiger partial charge < -0.3 is 10.4 Å². The molecule has 0 aliphatic carbocycles. The fourth-order valence-electron chi connectivity index (χ4n) is 1.05. The predicted molar refractivity (Wildman–Crippen MR) is 67.9 cm³/mol. The SMILES string of the molecule is C[C@H](O)CNC(=O)/C=C/c1ccc(Br)cc1. The molecule has 2 N–H and O–H groups in total. The van der Waals surface area contributed by atoms with Crippen molar-refractivity contribution in [3.63, 3.8) is 0 Å². The van der Waals surface area contributed by atoms with Gasteiger partial charge in [-0.1, -0.05) is 28.1 Å². The van der Waals surface area contributed by atoms with Crippen molar-refractivity contribution >= 4 is 27.9 Å². The molecule has 0 saturated heterocycles. The highest BCUT2D eigenvalue weighted by Gasteiger charge is 1.98. The van der Waals surface area contributed by atoms with Gasteiger partial charge in [0.25, 0.3) is 0 Å². The van der Waals surface area contributed by atoms with Gasteiger partial charge in [0.05, 0.1) is 6.10 Å². The van der Waals surface area contributed by atoms with E-state index in [-0.39, 0.29) is 12.5 Å². The van der Waals surface area contributed by atoms with Crippen LogP contribution >= 0.6 is 15.9 Å². The Kier molecular flexibility index (Phi) is 5.22. The first-order chi connectivity index (χ1) is 7.58. The molecule has 1 rings (SSSR count). The van der Waals surface area contributed by atoms with Gasteiger partial charge in [-0.2, -0.15) is 0 Å². The molecule has 0 fully saturated rings. The van der Waals surface area contributed by atoms with Gasteiger partial charge in [-0.3, -0.25) is 4.79 Å². The Balaban J connectivity index is 2.47. The van der Waals surface area contributed by atoms with E-state index in [1.165, 1.54) is 6.08 Å². The van der Waals surface area contributed by atoms with Crippen LogP contribution in [0.2, 0.25) is 0 Å². The van der Waals surface area contributed by atoms with E-state index in [9.17, 15) is 4.79 Å². The minimum absolute atomic E-state index is 0.205. The molecular weight excluding hydrogens is 270 g/mol. The third kappa shape index (κ3) is 5.09. The molecule has 1 aromatic carbocycles. The van der Waals surface area contributed by atoms with Gasteiger partial charge in [0.1, 0.15) is 0 Å². The van der Waals surface area contributed by atoms with Gasteiger partial charge in [0.15, 0.2) is 0 Å². The lowest BCUT2D eigenvalue weighted by molar-refractivity contribution is -0.116. The normalized spacial score (nSPS) is 12.7. The van der Waals surface area contributed by atoms with Crippen molar-refractivity contribution in [3.05, 3.63) is 40.4 Å². The molecule has 0 aliphatic rings. The van der Waals surface area contributed by atoms with E-state index in [0.717, 1.165) is 10.0 Å². The van der Waals surface area contributed by atoms with Crippen LogP contribution in [0.15, 0.2) is 34.8 Å². The van der Waals surface area contributed by atoms with Crippen LogP contribution in [-0.4, -0.2) is 23.7 Å². The summed E-state index contributed by atoms with van der Waals surface area (Å²) in [7, 11) is 0. The van der Waals surface area contributed by atoms with Gasteiger partial charge in [-0.25, -0.2) is 0 Å². The number of amides is 1. The third-order valence-electron chi connectivity index (χ3n) is 1.87. The largest absolute Gasteiger partial charge is 0.392 e. The van der Waals surface area contributed by atoms with E-state index < -0.39 is 6.10 Å². The molecule has 0 spiro atoms. The number of aliphatic hydroxyl groups is 1. The Morgan fingerprint density at radius 1 is 1.50 bits per heavy atom. The average molecular weight is 284 g/mol. The topological polar surface area (TPSA) is 49.3 Å². The number of halogens is 1. The summed E-state index contributed by atoms with van der Waals surface area (Å²) in [5, 5.41) is 11.6. The molecule has 16 heavy (non-hydrogen) atoms. The fraction of sp³-hybridized carbons (Fsp3) is 0.250. The quantitative estimate of drug-likeness (QED) is 0.830. The van der Waals surface area contributed by atoms with Crippen LogP contribution in [0.1, 0.15) is 12.5 Å². The molecule has 1 atom stereocenters. The average Bonchev–Trinajstić information content (AvgIpc) is 2.25. The smallest absolute Gasteiger partial charge is 0.244 e. The Labute approximate surface area is 103 Å². The van der Waals surface area contributed by atoms with Gasteiger partial charge >= 0.3 is 0 Å². The van der Waals surface area contributed by atoms with E-state index in [1.807, 2.05) is 24.3 Å². The number of hydrogen-bond acceptors (Lipinski definition) is 2. The van der Waals surface area contributed by atoms with Gasteiger partial charge in [0, 0.05) is 17.1 Å². The Morgan fingerprint density at radius 3 is 2.69 bits per heavy atom. The van der Waals surface area contributed by atoms with Crippen LogP contribution in [-0.2, 0) is 4.79 Å². The van der Waals surface area contributed by atoms with Crippen molar-refractivity contribution in [1.82, 2.24) is 5.32 Å². The lowest BCUT2D eigenvalue weighted by Crippen LogP contribution is -2.28. The number of carbonyl (C=O) groups is 1. The molecule has 4 heteroatoms. The maximum absolute atomic E-state index is 11.3. The van der Waals surface area contributed by atoms with E-state index in [2.05, 4.69) is 21.2 Å². The number of rotatable bonds is 4. The molecule has 1 amide bonds. The second-order valence-electron chi connectivity index (χ2n) is 3.48. The first kappa shape index (κ1) is 12.9. The minimum atomic E-state index is -0.523.